The second-order valence-corrected chi connectivity index (χ2v) is 7.36. The minimum Gasteiger partial charge on any atom is -0.492 e. The average molecular weight is 453 g/mol. The van der Waals surface area contributed by atoms with Crippen LogP contribution in [0.2, 0.25) is 0 Å². The Morgan fingerprint density at radius 3 is 2.66 bits per heavy atom. The molecule has 0 saturated heterocycles. The van der Waals surface area contributed by atoms with Crippen molar-refractivity contribution in [2.75, 3.05) is 17.2 Å². The zero-order valence-electron chi connectivity index (χ0n) is 17.6. The molecule has 2 aromatic carbocycles. The van der Waals surface area contributed by atoms with Crippen molar-refractivity contribution < 1.29 is 32.4 Å². The van der Waals surface area contributed by atoms with Crippen LogP contribution in [0.1, 0.15) is 31.9 Å². The molecule has 1 amide bonds. The first kappa shape index (κ1) is 23.2. The van der Waals surface area contributed by atoms with E-state index in [1.807, 2.05) is 13.0 Å². The Balaban J connectivity index is 1.82. The lowest BCUT2D eigenvalue weighted by molar-refractivity contribution is -0.385. The molecule has 2 atom stereocenters. The summed E-state index contributed by atoms with van der Waals surface area (Å²) in [5.74, 6) is 0.377. The first-order valence-electron chi connectivity index (χ1n) is 9.89. The summed E-state index contributed by atoms with van der Waals surface area (Å²) in [6, 6.07) is 4.70. The van der Waals surface area contributed by atoms with E-state index in [2.05, 4.69) is 10.6 Å². The van der Waals surface area contributed by atoms with Crippen LogP contribution in [0.15, 0.2) is 30.3 Å². The van der Waals surface area contributed by atoms with Gasteiger partial charge < -0.3 is 20.1 Å². The number of carbonyl (C=O) groups excluding carboxylic acids is 1. The van der Waals surface area contributed by atoms with Gasteiger partial charge in [0.1, 0.15) is 23.6 Å². The van der Waals surface area contributed by atoms with Crippen molar-refractivity contribution in [1.82, 2.24) is 0 Å². The molecule has 0 fully saturated rings. The molecule has 0 aromatic heterocycles. The maximum atomic E-state index is 13.4. The number of nitro benzene ring substituents is 1. The summed E-state index contributed by atoms with van der Waals surface area (Å²) in [5.41, 5.74) is -1.18. The molecule has 0 spiro atoms. The van der Waals surface area contributed by atoms with E-state index in [9.17, 15) is 28.1 Å². The zero-order valence-corrected chi connectivity index (χ0v) is 17.6. The number of hydrogen-bond donors (Lipinski definition) is 2. The molecule has 1 aliphatic rings. The van der Waals surface area contributed by atoms with Crippen molar-refractivity contribution in [1.29, 1.82) is 0 Å². The fourth-order valence-electron chi connectivity index (χ4n) is 3.36. The Labute approximate surface area is 181 Å². The highest BCUT2D eigenvalue weighted by atomic mass is 19.4. The van der Waals surface area contributed by atoms with Gasteiger partial charge in [0.2, 0.25) is 5.91 Å². The maximum absolute atomic E-state index is 13.4. The third-order valence-corrected chi connectivity index (χ3v) is 4.84. The van der Waals surface area contributed by atoms with E-state index in [-0.39, 0.29) is 6.10 Å². The lowest BCUT2D eigenvalue weighted by atomic mass is 10.1. The van der Waals surface area contributed by atoms with Crippen molar-refractivity contribution in [3.8, 4) is 11.5 Å². The van der Waals surface area contributed by atoms with E-state index in [4.69, 9.17) is 9.47 Å². The first-order chi connectivity index (χ1) is 15.0. The van der Waals surface area contributed by atoms with E-state index in [0.29, 0.717) is 36.3 Å². The molecule has 11 heteroatoms. The average Bonchev–Trinajstić information content (AvgIpc) is 3.06. The molecular formula is C21H22F3N3O5. The fourth-order valence-corrected chi connectivity index (χ4v) is 3.36. The number of carbonyl (C=O) groups is 1. The third kappa shape index (κ3) is 5.04. The molecule has 3 rings (SSSR count). The molecule has 172 valence electrons. The Morgan fingerprint density at radius 1 is 1.31 bits per heavy atom. The SMILES string of the molecule is CCOc1cc2c(cc1N[C@H](C)C(=O)Nc1ccc([N+](=O)[O-])cc1C(F)(F)F)O[C@H](C)C2. The number of anilines is 2. The van der Waals surface area contributed by atoms with Gasteiger partial charge in [0.05, 0.1) is 28.5 Å². The van der Waals surface area contributed by atoms with E-state index >= 15 is 0 Å². The first-order valence-corrected chi connectivity index (χ1v) is 9.89. The highest BCUT2D eigenvalue weighted by Crippen LogP contribution is 2.39. The van der Waals surface area contributed by atoms with Crippen LogP contribution < -0.4 is 20.1 Å². The second-order valence-electron chi connectivity index (χ2n) is 7.36. The maximum Gasteiger partial charge on any atom is 0.418 e. The van der Waals surface area contributed by atoms with Gasteiger partial charge in [-0.3, -0.25) is 14.9 Å². The fraction of sp³-hybridized carbons (Fsp3) is 0.381. The predicted molar refractivity (Wildman–Crippen MR) is 111 cm³/mol. The number of halogens is 3. The number of rotatable bonds is 7. The molecular weight excluding hydrogens is 431 g/mol. The summed E-state index contributed by atoms with van der Waals surface area (Å²) in [4.78, 5) is 22.5. The van der Waals surface area contributed by atoms with Crippen LogP contribution in [0.4, 0.5) is 30.2 Å². The number of alkyl halides is 3. The third-order valence-electron chi connectivity index (χ3n) is 4.84. The zero-order chi connectivity index (χ0) is 23.6. The number of nitrogens with one attached hydrogen (secondary N) is 2. The molecule has 0 saturated carbocycles. The Morgan fingerprint density at radius 2 is 2.03 bits per heavy atom. The summed E-state index contributed by atoms with van der Waals surface area (Å²) in [7, 11) is 0. The molecule has 0 aliphatic carbocycles. The van der Waals surface area contributed by atoms with Gasteiger partial charge in [-0.05, 0) is 32.9 Å². The van der Waals surface area contributed by atoms with Crippen LogP contribution >= 0.6 is 0 Å². The molecule has 1 heterocycles. The van der Waals surface area contributed by atoms with Gasteiger partial charge >= 0.3 is 6.18 Å². The minimum atomic E-state index is -4.89. The quantitative estimate of drug-likeness (QED) is 0.462. The normalized spacial score (nSPS) is 16.0. The Hall–Kier alpha value is -3.50. The largest absolute Gasteiger partial charge is 0.492 e. The summed E-state index contributed by atoms with van der Waals surface area (Å²) < 4.78 is 51.5. The number of nitrogens with zero attached hydrogens (tertiary/aromatic N) is 1. The number of non-ortho nitro benzene ring substituents is 1. The van der Waals surface area contributed by atoms with E-state index < -0.39 is 40.0 Å². The molecule has 1 aliphatic heterocycles. The van der Waals surface area contributed by atoms with E-state index in [1.165, 1.54) is 6.92 Å². The summed E-state index contributed by atoms with van der Waals surface area (Å²) in [6.07, 6.45) is -4.17. The van der Waals surface area contributed by atoms with Gasteiger partial charge in [0.25, 0.3) is 5.69 Å². The highest BCUT2D eigenvalue weighted by molar-refractivity contribution is 5.97. The van der Waals surface area contributed by atoms with Crippen molar-refractivity contribution in [3.05, 3.63) is 51.6 Å². The van der Waals surface area contributed by atoms with E-state index in [1.54, 1.807) is 13.0 Å². The topological polar surface area (TPSA) is 103 Å². The predicted octanol–water partition coefficient (Wildman–Crippen LogP) is 4.77. The smallest absolute Gasteiger partial charge is 0.418 e. The van der Waals surface area contributed by atoms with Crippen molar-refractivity contribution >= 4 is 23.0 Å². The molecule has 2 aromatic rings. The standard InChI is InChI=1S/C21H22F3N3O5/c1-4-31-19-8-13-7-11(2)32-18(13)10-17(19)25-12(3)20(28)26-16-6-5-14(27(29)30)9-15(16)21(22,23)24/h5-6,8-12,25H,4,7H2,1-3H3,(H,26,28)/t11-,12-/m1/s1. The van der Waals surface area contributed by atoms with Gasteiger partial charge in [0, 0.05) is 30.2 Å². The van der Waals surface area contributed by atoms with Crippen LogP contribution in [0.5, 0.6) is 11.5 Å². The molecule has 0 radical (unpaired) electrons. The van der Waals surface area contributed by atoms with Gasteiger partial charge in [-0.15, -0.1) is 0 Å². The van der Waals surface area contributed by atoms with Crippen LogP contribution in [0.3, 0.4) is 0 Å². The van der Waals surface area contributed by atoms with Crippen molar-refractivity contribution in [3.63, 3.8) is 0 Å². The number of amides is 1. The highest BCUT2D eigenvalue weighted by Gasteiger charge is 2.36. The van der Waals surface area contributed by atoms with Crippen LogP contribution in [-0.2, 0) is 17.4 Å². The van der Waals surface area contributed by atoms with Crippen LogP contribution in [-0.4, -0.2) is 29.6 Å². The van der Waals surface area contributed by atoms with Gasteiger partial charge in [-0.1, -0.05) is 0 Å². The lowest BCUT2D eigenvalue weighted by Gasteiger charge is -2.20. The number of nitro groups is 1. The molecule has 8 nitrogen and oxygen atoms in total. The van der Waals surface area contributed by atoms with Gasteiger partial charge in [-0.2, -0.15) is 13.2 Å². The molecule has 0 unspecified atom stereocenters. The number of fused-ring (bicyclic) bond motifs is 1. The second kappa shape index (κ2) is 8.93. The molecule has 0 bridgehead atoms. The number of hydrogen-bond acceptors (Lipinski definition) is 6. The number of benzene rings is 2. The van der Waals surface area contributed by atoms with E-state index in [0.717, 1.165) is 17.7 Å². The minimum absolute atomic E-state index is 0.00150. The van der Waals surface area contributed by atoms with Crippen molar-refractivity contribution in [2.24, 2.45) is 0 Å². The van der Waals surface area contributed by atoms with Crippen LogP contribution in [0, 0.1) is 10.1 Å². The molecule has 32 heavy (non-hydrogen) atoms. The summed E-state index contributed by atoms with van der Waals surface area (Å²) in [6.45, 7) is 5.58. The van der Waals surface area contributed by atoms with Crippen molar-refractivity contribution in [2.45, 2.75) is 45.5 Å². The summed E-state index contributed by atoms with van der Waals surface area (Å²) in [5, 5.41) is 16.0. The Bertz CT molecular complexity index is 1040. The lowest BCUT2D eigenvalue weighted by Crippen LogP contribution is -2.32. The Kier molecular flexibility index (Phi) is 6.47. The van der Waals surface area contributed by atoms with Gasteiger partial charge in [0.15, 0.2) is 0 Å². The monoisotopic (exact) mass is 453 g/mol. The van der Waals surface area contributed by atoms with Gasteiger partial charge in [-0.25, -0.2) is 0 Å². The molecule has 2 N–H and O–H groups in total. The van der Waals surface area contributed by atoms with Crippen LogP contribution in [0.25, 0.3) is 0 Å². The number of ether oxygens (including phenoxy) is 2. The summed E-state index contributed by atoms with van der Waals surface area (Å²) >= 11 is 0.